The van der Waals surface area contributed by atoms with Crippen molar-refractivity contribution in [2.75, 3.05) is 60.4 Å². The second-order valence-corrected chi connectivity index (χ2v) is 12.0. The zero-order valence-electron chi connectivity index (χ0n) is 25.6. The molecule has 0 bridgehead atoms. The van der Waals surface area contributed by atoms with E-state index in [-0.39, 0.29) is 38.0 Å². The molecule has 1 saturated heterocycles. The number of carboxylic acid groups (broad SMARTS) is 1. The van der Waals surface area contributed by atoms with Gasteiger partial charge in [-0.2, -0.15) is 0 Å². The zero-order valence-corrected chi connectivity index (χ0v) is 25.6. The topological polar surface area (TPSA) is 101 Å². The number of hydrogen-bond acceptors (Lipinski definition) is 8. The summed E-state index contributed by atoms with van der Waals surface area (Å²) in [6.45, 7) is 5.56. The third-order valence-corrected chi connectivity index (χ3v) is 8.80. The van der Waals surface area contributed by atoms with E-state index in [1.807, 2.05) is 41.3 Å². The first-order chi connectivity index (χ1) is 20.9. The molecule has 10 heteroatoms. The van der Waals surface area contributed by atoms with Gasteiger partial charge < -0.3 is 33.9 Å². The Bertz CT molecular complexity index is 1270. The number of likely N-dealkylation sites (tertiary alicyclic amines) is 1. The highest BCUT2D eigenvalue weighted by Gasteiger charge is 2.47. The molecule has 0 saturated carbocycles. The minimum atomic E-state index is -0.855. The fourth-order valence-corrected chi connectivity index (χ4v) is 6.54. The Morgan fingerprint density at radius 2 is 1.67 bits per heavy atom. The summed E-state index contributed by atoms with van der Waals surface area (Å²) in [4.78, 5) is 33.0. The number of unbranched alkanes of at least 4 members (excludes halogenated alkanes) is 2. The monoisotopic (exact) mass is 595 g/mol. The van der Waals surface area contributed by atoms with Crippen LogP contribution in [0.15, 0.2) is 36.4 Å². The average Bonchev–Trinajstić information content (AvgIpc) is 3.73. The van der Waals surface area contributed by atoms with Crippen molar-refractivity contribution in [1.29, 1.82) is 0 Å². The Balaban J connectivity index is 1.38. The molecule has 0 aliphatic carbocycles. The fourth-order valence-electron chi connectivity index (χ4n) is 6.54. The number of aliphatic carboxylic acids is 1. The fraction of sp³-hybridized carbons (Fsp3) is 0.576. The van der Waals surface area contributed by atoms with Crippen LogP contribution in [0, 0.1) is 5.92 Å². The van der Waals surface area contributed by atoms with Crippen molar-refractivity contribution in [2.24, 2.45) is 5.92 Å². The van der Waals surface area contributed by atoms with Crippen LogP contribution >= 0.6 is 0 Å². The SMILES string of the molecule is CCCCN(CCCCN(C)C)C(=O)CN1C[C@H](c2ccc3c(c2)OCO3)[C@@H](C(=O)O)[C@@H]1CCc1cccc2c1OCO2. The van der Waals surface area contributed by atoms with Crippen LogP contribution in [-0.4, -0.2) is 98.1 Å². The van der Waals surface area contributed by atoms with Gasteiger partial charge in [-0.1, -0.05) is 31.5 Å². The lowest BCUT2D eigenvalue weighted by molar-refractivity contribution is -0.143. The summed E-state index contributed by atoms with van der Waals surface area (Å²) in [7, 11) is 4.12. The molecule has 0 spiro atoms. The van der Waals surface area contributed by atoms with Gasteiger partial charge in [0.25, 0.3) is 0 Å². The van der Waals surface area contributed by atoms with E-state index in [1.165, 1.54) is 0 Å². The summed E-state index contributed by atoms with van der Waals surface area (Å²) in [5.74, 6) is 0.964. The van der Waals surface area contributed by atoms with Crippen LogP contribution in [0.25, 0.3) is 0 Å². The predicted octanol–water partition coefficient (Wildman–Crippen LogP) is 4.22. The third kappa shape index (κ3) is 7.36. The number of carbonyl (C=O) groups excluding carboxylic acids is 1. The van der Waals surface area contributed by atoms with E-state index in [4.69, 9.17) is 18.9 Å². The lowest BCUT2D eigenvalue weighted by Gasteiger charge is -2.30. The molecule has 1 amide bonds. The summed E-state index contributed by atoms with van der Waals surface area (Å²) in [6, 6.07) is 11.2. The summed E-state index contributed by atoms with van der Waals surface area (Å²) in [6.07, 6.45) is 5.11. The van der Waals surface area contributed by atoms with Crippen molar-refractivity contribution >= 4 is 11.9 Å². The maximum atomic E-state index is 13.8. The van der Waals surface area contributed by atoms with Crippen molar-refractivity contribution in [3.63, 3.8) is 0 Å². The van der Waals surface area contributed by atoms with E-state index >= 15 is 0 Å². The molecule has 0 radical (unpaired) electrons. The largest absolute Gasteiger partial charge is 0.481 e. The van der Waals surface area contributed by atoms with Crippen LogP contribution in [0.3, 0.4) is 0 Å². The Morgan fingerprint density at radius 1 is 0.930 bits per heavy atom. The Labute approximate surface area is 254 Å². The number of amides is 1. The smallest absolute Gasteiger partial charge is 0.308 e. The van der Waals surface area contributed by atoms with Gasteiger partial charge in [-0.3, -0.25) is 14.5 Å². The maximum absolute atomic E-state index is 13.8. The van der Waals surface area contributed by atoms with E-state index in [0.717, 1.165) is 55.6 Å². The predicted molar refractivity (Wildman–Crippen MR) is 162 cm³/mol. The first kappa shape index (κ1) is 30.9. The number of fused-ring (bicyclic) bond motifs is 2. The van der Waals surface area contributed by atoms with Crippen molar-refractivity contribution in [1.82, 2.24) is 14.7 Å². The summed E-state index contributed by atoms with van der Waals surface area (Å²) < 4.78 is 22.4. The number of carbonyl (C=O) groups is 2. The zero-order chi connectivity index (χ0) is 30.3. The van der Waals surface area contributed by atoms with Gasteiger partial charge in [0.05, 0.1) is 12.5 Å². The second-order valence-electron chi connectivity index (χ2n) is 12.0. The summed E-state index contributed by atoms with van der Waals surface area (Å²) in [5.41, 5.74) is 1.88. The number of ether oxygens (including phenoxy) is 4. The van der Waals surface area contributed by atoms with Crippen LogP contribution < -0.4 is 18.9 Å². The van der Waals surface area contributed by atoms with Crippen molar-refractivity contribution in [3.8, 4) is 23.0 Å². The molecule has 3 aliphatic heterocycles. The van der Waals surface area contributed by atoms with E-state index in [9.17, 15) is 14.7 Å². The Hall–Kier alpha value is -3.50. The average molecular weight is 596 g/mol. The molecule has 3 heterocycles. The molecular weight excluding hydrogens is 550 g/mol. The normalized spacial score (nSPS) is 20.6. The highest BCUT2D eigenvalue weighted by Crippen LogP contribution is 2.44. The first-order valence-electron chi connectivity index (χ1n) is 15.5. The van der Waals surface area contributed by atoms with Gasteiger partial charge in [0.1, 0.15) is 0 Å². The highest BCUT2D eigenvalue weighted by molar-refractivity contribution is 5.79. The van der Waals surface area contributed by atoms with E-state index in [0.29, 0.717) is 43.2 Å². The molecule has 1 N–H and O–H groups in total. The molecular formula is C33H45N3O7. The summed E-state index contributed by atoms with van der Waals surface area (Å²) >= 11 is 0. The van der Waals surface area contributed by atoms with Crippen LogP contribution in [0.5, 0.6) is 23.0 Å². The van der Waals surface area contributed by atoms with E-state index < -0.39 is 11.9 Å². The molecule has 234 valence electrons. The molecule has 3 aliphatic rings. The van der Waals surface area contributed by atoms with Gasteiger partial charge in [-0.25, -0.2) is 0 Å². The van der Waals surface area contributed by atoms with Crippen molar-refractivity contribution in [3.05, 3.63) is 47.5 Å². The molecule has 10 nitrogen and oxygen atoms in total. The quantitative estimate of drug-likeness (QED) is 0.304. The second kappa shape index (κ2) is 14.3. The molecule has 0 unspecified atom stereocenters. The maximum Gasteiger partial charge on any atom is 0.308 e. The standard InChI is InChI=1S/C33H45N3O7/c1-4-5-16-35(17-7-6-15-34(2)3)30(37)20-36-19-25(24-12-14-27-29(18-24)42-21-40-27)31(33(38)39)26(36)13-11-23-9-8-10-28-32(23)43-22-41-28/h8-10,12,14,18,25-26,31H,4-7,11,13,15-17,19-22H2,1-3H3,(H,38,39)/t25-,26+,31-/m1/s1. The third-order valence-electron chi connectivity index (χ3n) is 8.80. The number of aryl methyl sites for hydroxylation is 1. The van der Waals surface area contributed by atoms with Gasteiger partial charge >= 0.3 is 5.97 Å². The van der Waals surface area contributed by atoms with Gasteiger partial charge in [-0.15, -0.1) is 0 Å². The highest BCUT2D eigenvalue weighted by atomic mass is 16.7. The van der Waals surface area contributed by atoms with E-state index in [1.54, 1.807) is 0 Å². The van der Waals surface area contributed by atoms with Gasteiger partial charge in [0, 0.05) is 31.6 Å². The number of para-hydroxylation sites is 1. The summed E-state index contributed by atoms with van der Waals surface area (Å²) in [5, 5.41) is 10.6. The number of carboxylic acids is 1. The van der Waals surface area contributed by atoms with Crippen molar-refractivity contribution in [2.45, 2.75) is 57.4 Å². The minimum absolute atomic E-state index is 0.0658. The van der Waals surface area contributed by atoms with Gasteiger partial charge in [-0.05, 0) is 82.1 Å². The first-order valence-corrected chi connectivity index (χ1v) is 15.5. The van der Waals surface area contributed by atoms with Crippen LogP contribution in [0.4, 0.5) is 0 Å². The number of rotatable bonds is 15. The molecule has 5 rings (SSSR count). The lowest BCUT2D eigenvalue weighted by atomic mass is 9.83. The van der Waals surface area contributed by atoms with Gasteiger partial charge in [0.2, 0.25) is 19.5 Å². The van der Waals surface area contributed by atoms with Gasteiger partial charge in [0.15, 0.2) is 23.0 Å². The minimum Gasteiger partial charge on any atom is -0.481 e. The molecule has 3 atom stereocenters. The van der Waals surface area contributed by atoms with E-state index in [2.05, 4.69) is 30.8 Å². The molecule has 1 fully saturated rings. The molecule has 2 aromatic carbocycles. The Morgan fingerprint density at radius 3 is 2.47 bits per heavy atom. The lowest BCUT2D eigenvalue weighted by Crippen LogP contribution is -2.45. The van der Waals surface area contributed by atoms with Crippen molar-refractivity contribution < 1.29 is 33.6 Å². The number of hydrogen-bond donors (Lipinski definition) is 1. The molecule has 0 aromatic heterocycles. The Kier molecular flexibility index (Phi) is 10.3. The van der Waals surface area contributed by atoms with Crippen LogP contribution in [0.2, 0.25) is 0 Å². The number of benzene rings is 2. The molecule has 43 heavy (non-hydrogen) atoms. The van der Waals surface area contributed by atoms with Crippen LogP contribution in [0.1, 0.15) is 56.1 Å². The number of nitrogens with zero attached hydrogens (tertiary/aromatic N) is 3. The van der Waals surface area contributed by atoms with Crippen LogP contribution in [-0.2, 0) is 16.0 Å². The molecule has 2 aromatic rings.